The van der Waals surface area contributed by atoms with Crippen LogP contribution in [0.4, 0.5) is 0 Å². The van der Waals surface area contributed by atoms with Crippen LogP contribution in [-0.2, 0) is 16.1 Å². The van der Waals surface area contributed by atoms with Gasteiger partial charge >= 0.3 is 5.97 Å². The van der Waals surface area contributed by atoms with Gasteiger partial charge in [-0.2, -0.15) is 0 Å². The number of allylic oxidation sites excluding steroid dienone is 1. The molecule has 7 heteroatoms. The maximum atomic E-state index is 13.6. The first kappa shape index (κ1) is 30.7. The van der Waals surface area contributed by atoms with Crippen molar-refractivity contribution < 1.29 is 24.2 Å². The molecule has 1 amide bonds. The number of aromatic nitrogens is 1. The molecular weight excluding hydrogens is 504 g/mol. The average Bonchev–Trinajstić information content (AvgIpc) is 3.27. The molecule has 0 unspecified atom stereocenters. The highest BCUT2D eigenvalue weighted by Gasteiger charge is 2.21. The number of carboxylic acids is 1. The summed E-state index contributed by atoms with van der Waals surface area (Å²) in [4.78, 5) is 39.8. The van der Waals surface area contributed by atoms with Gasteiger partial charge in [-0.15, -0.1) is 0 Å². The number of carbonyl (C=O) groups excluding carboxylic acids is 2. The Bertz CT molecular complexity index is 1320. The molecule has 214 valence electrons. The third kappa shape index (κ3) is 8.57. The number of carbonyl (C=O) groups is 3. The summed E-state index contributed by atoms with van der Waals surface area (Å²) in [5.41, 5.74) is 2.75. The molecule has 0 bridgehead atoms. The summed E-state index contributed by atoms with van der Waals surface area (Å²) in [5.74, 6) is 0.749. The zero-order chi connectivity index (χ0) is 29.2. The second kappa shape index (κ2) is 14.5. The van der Waals surface area contributed by atoms with Gasteiger partial charge in [0.1, 0.15) is 12.3 Å². The van der Waals surface area contributed by atoms with Gasteiger partial charge in [-0.25, -0.2) is 0 Å². The fraction of sp³-hybridized carbons (Fsp3) is 0.424. The van der Waals surface area contributed by atoms with Crippen molar-refractivity contribution in [2.24, 2.45) is 11.8 Å². The van der Waals surface area contributed by atoms with Gasteiger partial charge in [0.05, 0.1) is 12.6 Å². The number of amides is 1. The zero-order valence-electron chi connectivity index (χ0n) is 24.4. The van der Waals surface area contributed by atoms with Gasteiger partial charge in [0.25, 0.3) is 0 Å². The van der Waals surface area contributed by atoms with Crippen LogP contribution in [0, 0.1) is 11.8 Å². The van der Waals surface area contributed by atoms with Crippen LogP contribution in [0.2, 0.25) is 0 Å². The highest BCUT2D eigenvalue weighted by atomic mass is 16.5. The van der Waals surface area contributed by atoms with E-state index in [1.165, 1.54) is 0 Å². The number of aliphatic carboxylic acids is 1. The van der Waals surface area contributed by atoms with Crippen LogP contribution >= 0.6 is 0 Å². The first-order valence-electron chi connectivity index (χ1n) is 14.1. The fourth-order valence-electron chi connectivity index (χ4n) is 4.47. The molecule has 40 heavy (non-hydrogen) atoms. The summed E-state index contributed by atoms with van der Waals surface area (Å²) in [6, 6.07) is 12.8. The topological polar surface area (TPSA) is 88.8 Å². The van der Waals surface area contributed by atoms with E-state index in [1.807, 2.05) is 52.0 Å². The molecule has 0 aliphatic heterocycles. The minimum Gasteiger partial charge on any atom is -0.497 e. The normalized spacial score (nSPS) is 11.6. The van der Waals surface area contributed by atoms with Crippen molar-refractivity contribution in [3.8, 4) is 5.75 Å². The van der Waals surface area contributed by atoms with Crippen LogP contribution in [0.5, 0.6) is 5.75 Å². The van der Waals surface area contributed by atoms with Gasteiger partial charge in [0.15, 0.2) is 5.78 Å². The monoisotopic (exact) mass is 546 g/mol. The van der Waals surface area contributed by atoms with E-state index in [4.69, 9.17) is 9.84 Å². The van der Waals surface area contributed by atoms with Crippen LogP contribution in [-0.4, -0.2) is 52.4 Å². The molecule has 2 aromatic carbocycles. The predicted molar refractivity (Wildman–Crippen MR) is 160 cm³/mol. The smallest absolute Gasteiger partial charge is 0.303 e. The second-order valence-electron chi connectivity index (χ2n) is 11.1. The number of hydrogen-bond donors (Lipinski definition) is 1. The van der Waals surface area contributed by atoms with E-state index in [0.717, 1.165) is 29.3 Å². The minimum absolute atomic E-state index is 0.0408. The Hall–Kier alpha value is -3.87. The number of fused-ring (bicyclic) bond motifs is 1. The summed E-state index contributed by atoms with van der Waals surface area (Å²) in [5, 5.41) is 9.55. The highest BCUT2D eigenvalue weighted by Crippen LogP contribution is 2.28. The SMILES string of the molecule is COc1ccc2c(C(=O)c3ccc(C=CCCC(=O)O)cc3)cn(CC(=O)N(CCC(C)C)CCC(C)C)c2c1. The van der Waals surface area contributed by atoms with E-state index < -0.39 is 5.97 Å². The minimum atomic E-state index is -0.831. The maximum absolute atomic E-state index is 13.6. The lowest BCUT2D eigenvalue weighted by Gasteiger charge is -2.25. The molecular formula is C33H42N2O5. The quantitative estimate of drug-likeness (QED) is 0.215. The molecule has 1 heterocycles. The molecule has 0 fully saturated rings. The number of ether oxygens (including phenoxy) is 1. The van der Waals surface area contributed by atoms with Crippen LogP contribution < -0.4 is 4.74 Å². The Morgan fingerprint density at radius 2 is 1.62 bits per heavy atom. The molecule has 0 aliphatic carbocycles. The van der Waals surface area contributed by atoms with Crippen LogP contribution in [0.1, 0.15) is 74.9 Å². The molecule has 1 aromatic heterocycles. The van der Waals surface area contributed by atoms with Crippen LogP contribution in [0.3, 0.4) is 0 Å². The average molecular weight is 547 g/mol. The summed E-state index contributed by atoms with van der Waals surface area (Å²) < 4.78 is 7.31. The summed E-state index contributed by atoms with van der Waals surface area (Å²) in [6.07, 6.45) is 7.87. The lowest BCUT2D eigenvalue weighted by molar-refractivity contribution is -0.137. The molecule has 0 saturated heterocycles. The molecule has 3 rings (SSSR count). The first-order valence-corrected chi connectivity index (χ1v) is 14.1. The second-order valence-corrected chi connectivity index (χ2v) is 11.1. The van der Waals surface area contributed by atoms with Gasteiger partial charge in [0, 0.05) is 48.3 Å². The van der Waals surface area contributed by atoms with Gasteiger partial charge in [-0.1, -0.05) is 64.1 Å². The highest BCUT2D eigenvalue weighted by molar-refractivity contribution is 6.16. The molecule has 0 saturated carbocycles. The van der Waals surface area contributed by atoms with Crippen molar-refractivity contribution in [2.75, 3.05) is 20.2 Å². The number of nitrogens with zero attached hydrogens (tertiary/aromatic N) is 2. The zero-order valence-corrected chi connectivity index (χ0v) is 24.4. The molecule has 0 aliphatic rings. The number of methoxy groups -OCH3 is 1. The lowest BCUT2D eigenvalue weighted by Crippen LogP contribution is -2.36. The molecule has 3 aromatic rings. The maximum Gasteiger partial charge on any atom is 0.303 e. The van der Waals surface area contributed by atoms with E-state index in [1.54, 1.807) is 25.4 Å². The van der Waals surface area contributed by atoms with Crippen molar-refractivity contribution in [1.29, 1.82) is 0 Å². The number of rotatable bonds is 15. The number of hydrogen-bond acceptors (Lipinski definition) is 4. The molecule has 0 radical (unpaired) electrons. The van der Waals surface area contributed by atoms with Crippen molar-refractivity contribution >= 4 is 34.6 Å². The van der Waals surface area contributed by atoms with Gasteiger partial charge in [-0.3, -0.25) is 14.4 Å². The molecule has 0 spiro atoms. The standard InChI is InChI=1S/C33H42N2O5/c1-23(2)16-18-34(19-17-24(3)4)31(36)22-35-21-29(28-15-14-27(40-5)20-30(28)35)33(39)26-12-10-25(11-13-26)8-6-7-9-32(37)38/h6,8,10-15,20-21,23-24H,7,9,16-19,22H2,1-5H3,(H,37,38). The Morgan fingerprint density at radius 1 is 0.975 bits per heavy atom. The number of carboxylic acid groups (broad SMARTS) is 1. The van der Waals surface area contributed by atoms with E-state index in [-0.39, 0.29) is 24.7 Å². The number of benzene rings is 2. The van der Waals surface area contributed by atoms with Crippen molar-refractivity contribution in [2.45, 2.75) is 59.9 Å². The molecule has 1 N–H and O–H groups in total. The summed E-state index contributed by atoms with van der Waals surface area (Å²) in [7, 11) is 1.60. The van der Waals surface area contributed by atoms with Crippen molar-refractivity contribution in [3.63, 3.8) is 0 Å². The number of ketones is 1. The molecule has 0 atom stereocenters. The van der Waals surface area contributed by atoms with Crippen molar-refractivity contribution in [3.05, 3.63) is 71.4 Å². The van der Waals surface area contributed by atoms with Crippen LogP contribution in [0.15, 0.2) is 54.7 Å². The van der Waals surface area contributed by atoms with Gasteiger partial charge in [0.2, 0.25) is 5.91 Å². The Balaban J connectivity index is 1.88. The Kier molecular flexibility index (Phi) is 11.1. The third-order valence-corrected chi connectivity index (χ3v) is 6.95. The largest absolute Gasteiger partial charge is 0.497 e. The van der Waals surface area contributed by atoms with E-state index in [0.29, 0.717) is 48.2 Å². The van der Waals surface area contributed by atoms with Gasteiger partial charge < -0.3 is 19.3 Å². The van der Waals surface area contributed by atoms with E-state index in [9.17, 15) is 14.4 Å². The van der Waals surface area contributed by atoms with Crippen LogP contribution in [0.25, 0.3) is 17.0 Å². The van der Waals surface area contributed by atoms with E-state index in [2.05, 4.69) is 27.7 Å². The van der Waals surface area contributed by atoms with Crippen molar-refractivity contribution in [1.82, 2.24) is 9.47 Å². The van der Waals surface area contributed by atoms with Gasteiger partial charge in [-0.05, 0) is 48.8 Å². The predicted octanol–water partition coefficient (Wildman–Crippen LogP) is 6.68. The first-order chi connectivity index (χ1) is 19.1. The van der Waals surface area contributed by atoms with E-state index >= 15 is 0 Å². The fourth-order valence-corrected chi connectivity index (χ4v) is 4.47. The Labute approximate surface area is 237 Å². The molecule has 7 nitrogen and oxygen atoms in total. The Morgan fingerprint density at radius 3 is 2.20 bits per heavy atom. The lowest BCUT2D eigenvalue weighted by atomic mass is 10.0. The summed E-state index contributed by atoms with van der Waals surface area (Å²) >= 11 is 0. The third-order valence-electron chi connectivity index (χ3n) is 6.95. The summed E-state index contributed by atoms with van der Waals surface area (Å²) in [6.45, 7) is 10.2.